The number of nitrogens with zero attached hydrogens (tertiary/aromatic N) is 2. The molecule has 0 aromatic carbocycles. The Balaban J connectivity index is 1.24. The Bertz CT molecular complexity index is 1210. The largest absolute Gasteiger partial charge is 0.363 e. The molecule has 2 heterocycles. The number of amides is 5. The highest BCUT2D eigenvalue weighted by molar-refractivity contribution is 6.37. The van der Waals surface area contributed by atoms with E-state index in [0.717, 1.165) is 71.1 Å². The fraction of sp³-hybridized carbons (Fsp3) is 0.865. The van der Waals surface area contributed by atoms with E-state index in [0.29, 0.717) is 31.2 Å². The van der Waals surface area contributed by atoms with Gasteiger partial charge in [0.25, 0.3) is 5.91 Å². The number of carbonyl (C=O) groups is 5. The molecule has 0 aromatic rings. The Labute approximate surface area is 293 Å². The topological polar surface area (TPSA) is 166 Å². The Hall–Kier alpha value is -2.73. The molecule has 2 aliphatic heterocycles. The molecule has 0 spiro atoms. The highest BCUT2D eigenvalue weighted by Gasteiger charge is 2.49. The molecule has 4 atom stereocenters. The number of hydrogen-bond donors (Lipinski definition) is 5. The molecule has 5 aliphatic rings. The molecule has 5 rings (SSSR count). The predicted octanol–water partition coefficient (Wildman–Crippen LogP) is 2.69. The zero-order valence-corrected chi connectivity index (χ0v) is 30.5. The third-order valence-electron chi connectivity index (χ3n) is 12.8. The number of urea groups is 1. The smallest absolute Gasteiger partial charge is 0.315 e. The lowest BCUT2D eigenvalue weighted by Gasteiger charge is -2.44. The van der Waals surface area contributed by atoms with E-state index in [1.165, 1.54) is 25.7 Å². The van der Waals surface area contributed by atoms with Crippen LogP contribution in [0, 0.1) is 29.1 Å². The second-order valence-corrected chi connectivity index (χ2v) is 17.1. The molecule has 12 nitrogen and oxygen atoms in total. The van der Waals surface area contributed by atoms with Gasteiger partial charge in [0, 0.05) is 44.3 Å². The van der Waals surface area contributed by atoms with E-state index in [4.69, 9.17) is 5.73 Å². The lowest BCUT2D eigenvalue weighted by molar-refractivity contribution is -0.141. The summed E-state index contributed by atoms with van der Waals surface area (Å²) in [5, 5.41) is 12.5. The number of Topliss-reactive ketones (excluding diaryl/α,β-unsaturated/α-hetero) is 1. The van der Waals surface area contributed by atoms with Gasteiger partial charge in [0.1, 0.15) is 6.04 Å². The first-order chi connectivity index (χ1) is 23.2. The molecule has 6 N–H and O–H groups in total. The number of ketones is 1. The van der Waals surface area contributed by atoms with Crippen LogP contribution >= 0.6 is 0 Å². The normalized spacial score (nSPS) is 26.6. The third kappa shape index (κ3) is 9.54. The van der Waals surface area contributed by atoms with Gasteiger partial charge in [0.2, 0.25) is 17.6 Å². The summed E-state index contributed by atoms with van der Waals surface area (Å²) in [5.74, 6) is -1.34. The van der Waals surface area contributed by atoms with Crippen molar-refractivity contribution >= 4 is 29.5 Å². The Morgan fingerprint density at radius 2 is 1.61 bits per heavy atom. The summed E-state index contributed by atoms with van der Waals surface area (Å²) in [4.78, 5) is 69.8. The molecule has 2 unspecified atom stereocenters. The van der Waals surface area contributed by atoms with E-state index in [-0.39, 0.29) is 47.3 Å². The molecule has 2 saturated heterocycles. The second kappa shape index (κ2) is 16.1. The average Bonchev–Trinajstić information content (AvgIpc) is 3.46. The van der Waals surface area contributed by atoms with Gasteiger partial charge in [-0.15, -0.1) is 0 Å². The van der Waals surface area contributed by atoms with Crippen LogP contribution in [0.3, 0.4) is 0 Å². The van der Waals surface area contributed by atoms with Crippen molar-refractivity contribution in [3.63, 3.8) is 0 Å². The van der Waals surface area contributed by atoms with Gasteiger partial charge >= 0.3 is 6.03 Å². The zero-order chi connectivity index (χ0) is 35.3. The first kappa shape index (κ1) is 37.5. The summed E-state index contributed by atoms with van der Waals surface area (Å²) in [7, 11) is 0. The summed E-state index contributed by atoms with van der Waals surface area (Å²) in [6.07, 6.45) is 13.0. The number of likely N-dealkylation sites (tertiary alicyclic amines) is 1. The van der Waals surface area contributed by atoms with Crippen LogP contribution in [0.2, 0.25) is 0 Å². The lowest BCUT2D eigenvalue weighted by Crippen LogP contribution is -2.60. The molecular weight excluding hydrogens is 622 g/mol. The van der Waals surface area contributed by atoms with Crippen molar-refractivity contribution in [3.8, 4) is 0 Å². The number of hydrogen-bond acceptors (Lipinski definition) is 7. The molecular formula is C37H63N7O5. The molecule has 49 heavy (non-hydrogen) atoms. The number of piperazine rings is 1. The monoisotopic (exact) mass is 685 g/mol. The van der Waals surface area contributed by atoms with Crippen LogP contribution in [0.5, 0.6) is 0 Å². The number of primary amides is 1. The molecule has 3 aliphatic carbocycles. The Morgan fingerprint density at radius 3 is 2.20 bits per heavy atom. The van der Waals surface area contributed by atoms with Gasteiger partial charge in [0.05, 0.1) is 12.6 Å². The van der Waals surface area contributed by atoms with Crippen molar-refractivity contribution in [2.45, 2.75) is 135 Å². The van der Waals surface area contributed by atoms with Crippen LogP contribution in [0.15, 0.2) is 0 Å². The fourth-order valence-electron chi connectivity index (χ4n) is 9.12. The van der Waals surface area contributed by atoms with Crippen molar-refractivity contribution in [1.29, 1.82) is 0 Å². The van der Waals surface area contributed by atoms with Crippen LogP contribution in [-0.2, 0) is 19.2 Å². The van der Waals surface area contributed by atoms with E-state index in [1.807, 2.05) is 0 Å². The summed E-state index contributed by atoms with van der Waals surface area (Å²) in [6, 6.07) is -2.17. The zero-order valence-electron chi connectivity index (χ0n) is 30.5. The molecule has 0 bridgehead atoms. The number of carbonyl (C=O) groups excluding carboxylic acids is 5. The first-order valence-corrected chi connectivity index (χ1v) is 19.2. The molecule has 0 radical (unpaired) electrons. The van der Waals surface area contributed by atoms with Crippen LogP contribution in [-0.4, -0.2) is 102 Å². The van der Waals surface area contributed by atoms with Gasteiger partial charge in [0.15, 0.2) is 0 Å². The number of nitrogens with two attached hydrogens (primary N) is 1. The second-order valence-electron chi connectivity index (χ2n) is 17.1. The quantitative estimate of drug-likeness (QED) is 0.175. The first-order valence-electron chi connectivity index (χ1n) is 19.2. The predicted molar refractivity (Wildman–Crippen MR) is 188 cm³/mol. The summed E-state index contributed by atoms with van der Waals surface area (Å²) >= 11 is 0. The van der Waals surface area contributed by atoms with Crippen molar-refractivity contribution in [1.82, 2.24) is 31.1 Å². The van der Waals surface area contributed by atoms with E-state index < -0.39 is 29.7 Å². The van der Waals surface area contributed by atoms with E-state index in [2.05, 4.69) is 53.9 Å². The minimum atomic E-state index is -1.06. The molecule has 0 aromatic heterocycles. The maximum Gasteiger partial charge on any atom is 0.315 e. The SMILES string of the molecule is CC1(C)CN(C[C@@H](NC(=O)NCC(=O)N2CC(C(C)(C)C3CCC3)C[C@H]2C(=O)NC(CC2CCC2)C(=O)C(N)=O)C2CCCCC2)CCN1. The minimum absolute atomic E-state index is 0.0119. The van der Waals surface area contributed by atoms with Gasteiger partial charge in [-0.05, 0) is 81.5 Å². The standard InChI is InChI=1S/C37H63N7O5/c1-36(2)23-43(17-16-40-36)22-29(25-12-6-5-7-13-25)42-35(49)39-20-31(45)44-21-27(37(3,4)26-14-9-15-26)19-30(44)34(48)41-28(32(46)33(38)47)18-24-10-8-11-24/h24-30,40H,5-23H2,1-4H3,(H2,38,47)(H,41,48)(H2,39,42,49)/t27?,28?,29-,30+/m1/s1. The van der Waals surface area contributed by atoms with E-state index in [1.54, 1.807) is 4.90 Å². The van der Waals surface area contributed by atoms with E-state index >= 15 is 0 Å². The van der Waals surface area contributed by atoms with Gasteiger partial charge in [-0.3, -0.25) is 24.1 Å². The fourth-order valence-corrected chi connectivity index (χ4v) is 9.12. The van der Waals surface area contributed by atoms with Crippen molar-refractivity contribution in [3.05, 3.63) is 0 Å². The van der Waals surface area contributed by atoms with Gasteiger partial charge in [-0.2, -0.15) is 0 Å². The molecule has 276 valence electrons. The Morgan fingerprint density at radius 1 is 0.918 bits per heavy atom. The van der Waals surface area contributed by atoms with Gasteiger partial charge < -0.3 is 31.9 Å². The molecule has 12 heteroatoms. The van der Waals surface area contributed by atoms with Gasteiger partial charge in [-0.25, -0.2) is 4.79 Å². The average molecular weight is 686 g/mol. The highest BCUT2D eigenvalue weighted by atomic mass is 16.2. The van der Waals surface area contributed by atoms with Gasteiger partial charge in [-0.1, -0.05) is 58.8 Å². The highest BCUT2D eigenvalue weighted by Crippen LogP contribution is 2.50. The summed E-state index contributed by atoms with van der Waals surface area (Å²) in [6.45, 7) is 12.6. The maximum atomic E-state index is 13.9. The lowest BCUT2D eigenvalue weighted by atomic mass is 9.61. The van der Waals surface area contributed by atoms with Crippen LogP contribution < -0.4 is 27.0 Å². The number of rotatable bonds is 14. The summed E-state index contributed by atoms with van der Waals surface area (Å²) < 4.78 is 0. The van der Waals surface area contributed by atoms with E-state index in [9.17, 15) is 24.0 Å². The van der Waals surface area contributed by atoms with Crippen LogP contribution in [0.1, 0.15) is 111 Å². The van der Waals surface area contributed by atoms with Crippen LogP contribution in [0.25, 0.3) is 0 Å². The van der Waals surface area contributed by atoms with Crippen molar-refractivity contribution in [2.24, 2.45) is 34.8 Å². The third-order valence-corrected chi connectivity index (χ3v) is 12.8. The summed E-state index contributed by atoms with van der Waals surface area (Å²) in [5.41, 5.74) is 5.31. The molecule has 5 amide bonds. The minimum Gasteiger partial charge on any atom is -0.363 e. The maximum absolute atomic E-state index is 13.9. The molecule has 5 fully saturated rings. The van der Waals surface area contributed by atoms with Crippen molar-refractivity contribution in [2.75, 3.05) is 39.3 Å². The Kier molecular flexibility index (Phi) is 12.3. The number of nitrogens with one attached hydrogen (secondary N) is 4. The molecule has 3 saturated carbocycles. The van der Waals surface area contributed by atoms with Crippen LogP contribution in [0.4, 0.5) is 4.79 Å². The van der Waals surface area contributed by atoms with Crippen molar-refractivity contribution < 1.29 is 24.0 Å².